The van der Waals surface area contributed by atoms with E-state index in [0.717, 1.165) is 37.1 Å². The van der Waals surface area contributed by atoms with Gasteiger partial charge in [-0.1, -0.05) is 43.2 Å². The zero-order chi connectivity index (χ0) is 19.3. The van der Waals surface area contributed by atoms with Crippen LogP contribution in [0.2, 0.25) is 0 Å². The Morgan fingerprint density at radius 1 is 1.14 bits per heavy atom. The minimum Gasteiger partial charge on any atom is -0.353 e. The molecule has 150 valence electrons. The number of guanidine groups is 1. The SMILES string of the molecule is Cc1nnc(CN=C(NC2CCCC2)N2CCC(Cc3ccccc3)C2)n1C. The van der Waals surface area contributed by atoms with Gasteiger partial charge in [0.25, 0.3) is 0 Å². The molecule has 6 nitrogen and oxygen atoms in total. The smallest absolute Gasteiger partial charge is 0.194 e. The summed E-state index contributed by atoms with van der Waals surface area (Å²) in [5, 5.41) is 12.2. The first-order chi connectivity index (χ1) is 13.7. The standard InChI is InChI=1S/C22H32N6/c1-17-25-26-21(27(17)2)15-23-22(24-20-10-6-7-11-20)28-13-12-19(16-28)14-18-8-4-3-5-9-18/h3-5,8-9,19-20H,6-7,10-16H2,1-2H3,(H,23,24). The van der Waals surface area contributed by atoms with Crippen molar-refractivity contribution in [3.05, 3.63) is 47.5 Å². The molecular formula is C22H32N6. The van der Waals surface area contributed by atoms with Gasteiger partial charge < -0.3 is 14.8 Å². The molecule has 1 aliphatic carbocycles. The maximum absolute atomic E-state index is 4.96. The van der Waals surface area contributed by atoms with Gasteiger partial charge in [0, 0.05) is 26.2 Å². The number of aryl methyl sites for hydroxylation is 1. The van der Waals surface area contributed by atoms with Crippen LogP contribution in [0.15, 0.2) is 35.3 Å². The van der Waals surface area contributed by atoms with E-state index in [-0.39, 0.29) is 0 Å². The Morgan fingerprint density at radius 3 is 2.64 bits per heavy atom. The highest BCUT2D eigenvalue weighted by Gasteiger charge is 2.27. The van der Waals surface area contributed by atoms with Crippen molar-refractivity contribution in [2.45, 2.75) is 58.0 Å². The summed E-state index contributed by atoms with van der Waals surface area (Å²) in [6, 6.07) is 11.4. The predicted molar refractivity (Wildman–Crippen MR) is 112 cm³/mol. The lowest BCUT2D eigenvalue weighted by atomic mass is 9.99. The second kappa shape index (κ2) is 8.76. The van der Waals surface area contributed by atoms with Gasteiger partial charge in [-0.2, -0.15) is 0 Å². The summed E-state index contributed by atoms with van der Waals surface area (Å²) in [6.07, 6.45) is 7.53. The maximum Gasteiger partial charge on any atom is 0.194 e. The first kappa shape index (κ1) is 19.0. The average Bonchev–Trinajstić information content (AvgIpc) is 3.44. The average molecular weight is 381 g/mol. The van der Waals surface area contributed by atoms with E-state index in [0.29, 0.717) is 18.5 Å². The summed E-state index contributed by atoms with van der Waals surface area (Å²) in [7, 11) is 2.01. The molecule has 1 aliphatic heterocycles. The summed E-state index contributed by atoms with van der Waals surface area (Å²) >= 11 is 0. The van der Waals surface area contributed by atoms with Gasteiger partial charge >= 0.3 is 0 Å². The molecule has 2 heterocycles. The zero-order valence-electron chi connectivity index (χ0n) is 17.1. The molecule has 1 saturated carbocycles. The zero-order valence-corrected chi connectivity index (χ0v) is 17.1. The van der Waals surface area contributed by atoms with Crippen LogP contribution in [0.25, 0.3) is 0 Å². The van der Waals surface area contributed by atoms with Crippen LogP contribution in [0.1, 0.15) is 49.3 Å². The number of hydrogen-bond acceptors (Lipinski definition) is 3. The molecule has 1 N–H and O–H groups in total. The Morgan fingerprint density at radius 2 is 1.93 bits per heavy atom. The third-order valence-corrected chi connectivity index (χ3v) is 6.19. The quantitative estimate of drug-likeness (QED) is 0.640. The molecule has 0 spiro atoms. The van der Waals surface area contributed by atoms with E-state index < -0.39 is 0 Å². The molecule has 2 fully saturated rings. The summed E-state index contributed by atoms with van der Waals surface area (Å²) in [5.41, 5.74) is 1.44. The van der Waals surface area contributed by atoms with Gasteiger partial charge in [-0.25, -0.2) is 4.99 Å². The Balaban J connectivity index is 1.43. The highest BCUT2D eigenvalue weighted by atomic mass is 15.3. The van der Waals surface area contributed by atoms with Gasteiger partial charge in [-0.3, -0.25) is 0 Å². The number of nitrogens with one attached hydrogen (secondary N) is 1. The van der Waals surface area contributed by atoms with Crippen molar-refractivity contribution in [3.8, 4) is 0 Å². The van der Waals surface area contributed by atoms with Crippen LogP contribution in [-0.2, 0) is 20.0 Å². The second-order valence-corrected chi connectivity index (χ2v) is 8.28. The van der Waals surface area contributed by atoms with Crippen LogP contribution < -0.4 is 5.32 Å². The van der Waals surface area contributed by atoms with Crippen LogP contribution in [0.4, 0.5) is 0 Å². The Bertz CT molecular complexity index is 791. The molecule has 1 saturated heterocycles. The second-order valence-electron chi connectivity index (χ2n) is 8.28. The van der Waals surface area contributed by atoms with E-state index in [1.165, 1.54) is 37.7 Å². The largest absolute Gasteiger partial charge is 0.353 e. The third kappa shape index (κ3) is 4.54. The molecular weight excluding hydrogens is 348 g/mol. The Hall–Kier alpha value is -2.37. The van der Waals surface area contributed by atoms with Gasteiger partial charge in [-0.15, -0.1) is 10.2 Å². The summed E-state index contributed by atoms with van der Waals surface area (Å²) < 4.78 is 2.03. The Labute approximate surface area is 168 Å². The fourth-order valence-electron chi connectivity index (χ4n) is 4.36. The number of likely N-dealkylation sites (tertiary alicyclic amines) is 1. The molecule has 28 heavy (non-hydrogen) atoms. The minimum atomic E-state index is 0.563. The van der Waals surface area contributed by atoms with Gasteiger partial charge in [0.1, 0.15) is 12.4 Å². The molecule has 1 atom stereocenters. The first-order valence-corrected chi connectivity index (χ1v) is 10.6. The predicted octanol–water partition coefficient (Wildman–Crippen LogP) is 3.08. The molecule has 1 unspecified atom stereocenters. The first-order valence-electron chi connectivity index (χ1n) is 10.6. The van der Waals surface area contributed by atoms with Gasteiger partial charge in [0.2, 0.25) is 0 Å². The van der Waals surface area contributed by atoms with Crippen molar-refractivity contribution < 1.29 is 0 Å². The topological polar surface area (TPSA) is 58.3 Å². The number of hydrogen-bond donors (Lipinski definition) is 1. The molecule has 4 rings (SSSR count). The van der Waals surface area contributed by atoms with Crippen LogP contribution in [0.3, 0.4) is 0 Å². The summed E-state index contributed by atoms with van der Waals surface area (Å²) in [6.45, 7) is 4.71. The molecule has 6 heteroatoms. The molecule has 1 aromatic heterocycles. The third-order valence-electron chi connectivity index (χ3n) is 6.19. The highest BCUT2D eigenvalue weighted by molar-refractivity contribution is 5.80. The van der Waals surface area contributed by atoms with E-state index in [9.17, 15) is 0 Å². The normalized spacial score (nSPS) is 20.9. The lowest BCUT2D eigenvalue weighted by Crippen LogP contribution is -2.44. The lowest BCUT2D eigenvalue weighted by Gasteiger charge is -2.25. The van der Waals surface area contributed by atoms with Gasteiger partial charge in [0.05, 0.1) is 0 Å². The van der Waals surface area contributed by atoms with E-state index >= 15 is 0 Å². The lowest BCUT2D eigenvalue weighted by molar-refractivity contribution is 0.444. The molecule has 0 radical (unpaired) electrons. The van der Waals surface area contributed by atoms with Crippen LogP contribution >= 0.6 is 0 Å². The minimum absolute atomic E-state index is 0.563. The number of aromatic nitrogens is 3. The molecule has 0 bridgehead atoms. The molecule has 2 aromatic rings. The summed E-state index contributed by atoms with van der Waals surface area (Å²) in [5.74, 6) is 3.60. The van der Waals surface area contributed by atoms with Crippen molar-refractivity contribution >= 4 is 5.96 Å². The van der Waals surface area contributed by atoms with E-state index in [2.05, 4.69) is 50.7 Å². The number of benzene rings is 1. The van der Waals surface area contributed by atoms with E-state index in [4.69, 9.17) is 4.99 Å². The van der Waals surface area contributed by atoms with Crippen LogP contribution in [-0.4, -0.2) is 44.8 Å². The maximum atomic E-state index is 4.96. The van der Waals surface area contributed by atoms with E-state index in [1.54, 1.807) is 0 Å². The van der Waals surface area contributed by atoms with Gasteiger partial charge in [-0.05, 0) is 44.1 Å². The highest BCUT2D eigenvalue weighted by Crippen LogP contribution is 2.23. The fourth-order valence-corrected chi connectivity index (χ4v) is 4.36. The molecule has 2 aliphatic rings. The van der Waals surface area contributed by atoms with Crippen LogP contribution in [0, 0.1) is 12.8 Å². The van der Waals surface area contributed by atoms with E-state index in [1.807, 2.05) is 18.5 Å². The number of rotatable bonds is 5. The number of aliphatic imine (C=N–C) groups is 1. The van der Waals surface area contributed by atoms with Gasteiger partial charge in [0.15, 0.2) is 11.8 Å². The van der Waals surface area contributed by atoms with Crippen molar-refractivity contribution in [3.63, 3.8) is 0 Å². The van der Waals surface area contributed by atoms with Crippen molar-refractivity contribution in [1.82, 2.24) is 25.0 Å². The summed E-state index contributed by atoms with van der Waals surface area (Å²) in [4.78, 5) is 7.42. The fraction of sp³-hybridized carbons (Fsp3) is 0.591. The monoisotopic (exact) mass is 380 g/mol. The van der Waals surface area contributed by atoms with Crippen molar-refractivity contribution in [1.29, 1.82) is 0 Å². The van der Waals surface area contributed by atoms with Crippen molar-refractivity contribution in [2.24, 2.45) is 18.0 Å². The number of nitrogens with zero attached hydrogens (tertiary/aromatic N) is 5. The Kier molecular flexibility index (Phi) is 5.93. The molecule has 0 amide bonds. The van der Waals surface area contributed by atoms with Crippen molar-refractivity contribution in [2.75, 3.05) is 13.1 Å². The van der Waals surface area contributed by atoms with Crippen LogP contribution in [0.5, 0.6) is 0 Å². The molecule has 1 aromatic carbocycles.